The van der Waals surface area contributed by atoms with Gasteiger partial charge in [0, 0.05) is 18.7 Å². The number of rotatable bonds is 5. The van der Waals surface area contributed by atoms with Gasteiger partial charge in [-0.15, -0.1) is 0 Å². The van der Waals surface area contributed by atoms with E-state index < -0.39 is 4.92 Å². The monoisotopic (exact) mass is 291 g/mol. The summed E-state index contributed by atoms with van der Waals surface area (Å²) < 4.78 is 0. The van der Waals surface area contributed by atoms with Gasteiger partial charge in [-0.25, -0.2) is 0 Å². The highest BCUT2D eigenvalue weighted by atomic mass is 16.6. The first-order valence-electron chi connectivity index (χ1n) is 7.35. The van der Waals surface area contributed by atoms with Crippen LogP contribution in [0.3, 0.4) is 0 Å². The van der Waals surface area contributed by atoms with E-state index in [9.17, 15) is 14.9 Å². The molecule has 1 heterocycles. The molecule has 0 spiro atoms. The Morgan fingerprint density at radius 3 is 2.90 bits per heavy atom. The molecule has 0 radical (unpaired) electrons. The fraction of sp³-hybridized carbons (Fsp3) is 0.533. The summed E-state index contributed by atoms with van der Waals surface area (Å²) in [5, 5.41) is 14.1. The third-order valence-corrected chi connectivity index (χ3v) is 3.94. The minimum Gasteiger partial charge on any atom is -0.354 e. The lowest BCUT2D eigenvalue weighted by atomic mass is 10.1. The molecule has 1 aromatic carbocycles. The number of amides is 1. The number of carbonyl (C=O) groups excluding carboxylic acids is 1. The Bertz CT molecular complexity index is 533. The predicted octanol–water partition coefficient (Wildman–Crippen LogP) is 2.48. The van der Waals surface area contributed by atoms with E-state index >= 15 is 0 Å². The molecule has 1 aliphatic heterocycles. The zero-order valence-corrected chi connectivity index (χ0v) is 12.4. The number of nitro groups is 1. The Morgan fingerprint density at radius 1 is 1.52 bits per heavy atom. The molecule has 0 bridgehead atoms. The van der Waals surface area contributed by atoms with Crippen LogP contribution in [-0.4, -0.2) is 29.5 Å². The average Bonchev–Trinajstić information content (AvgIpc) is 2.96. The summed E-state index contributed by atoms with van der Waals surface area (Å²) in [6, 6.07) is 6.41. The minimum atomic E-state index is -0.392. The van der Waals surface area contributed by atoms with Crippen molar-refractivity contribution in [2.45, 2.75) is 45.2 Å². The Kier molecular flexibility index (Phi) is 4.77. The molecule has 1 N–H and O–H groups in total. The Hall–Kier alpha value is -2.11. The zero-order chi connectivity index (χ0) is 15.4. The molecule has 0 unspecified atom stereocenters. The molecule has 6 heteroatoms. The summed E-state index contributed by atoms with van der Waals surface area (Å²) in [6.07, 6.45) is 2.46. The fourth-order valence-electron chi connectivity index (χ4n) is 2.63. The number of benzene rings is 1. The number of nitrogens with one attached hydrogen (secondary N) is 1. The number of hydrogen-bond donors (Lipinski definition) is 1. The highest BCUT2D eigenvalue weighted by Gasteiger charge is 2.34. The summed E-state index contributed by atoms with van der Waals surface area (Å²) in [5.74, 6) is -0.0417. The lowest BCUT2D eigenvalue weighted by molar-refractivity contribution is -0.384. The smallest absolute Gasteiger partial charge is 0.292 e. The van der Waals surface area contributed by atoms with Crippen molar-refractivity contribution in [3.63, 3.8) is 0 Å². The van der Waals surface area contributed by atoms with E-state index in [0.717, 1.165) is 19.3 Å². The van der Waals surface area contributed by atoms with Gasteiger partial charge in [-0.1, -0.05) is 19.1 Å². The molecule has 6 nitrogen and oxygen atoms in total. The van der Waals surface area contributed by atoms with Crippen molar-refractivity contribution in [2.24, 2.45) is 0 Å². The van der Waals surface area contributed by atoms with E-state index in [2.05, 4.69) is 5.32 Å². The van der Waals surface area contributed by atoms with Gasteiger partial charge in [0.05, 0.1) is 4.92 Å². The maximum atomic E-state index is 12.4. The second kappa shape index (κ2) is 6.56. The molecule has 1 aliphatic rings. The minimum absolute atomic E-state index is 0.0417. The van der Waals surface area contributed by atoms with Crippen molar-refractivity contribution >= 4 is 17.3 Å². The molecular weight excluding hydrogens is 270 g/mol. The first-order valence-corrected chi connectivity index (χ1v) is 7.35. The van der Waals surface area contributed by atoms with Crippen LogP contribution in [0.25, 0.3) is 0 Å². The van der Waals surface area contributed by atoms with Gasteiger partial charge < -0.3 is 10.2 Å². The van der Waals surface area contributed by atoms with E-state index in [-0.39, 0.29) is 23.7 Å². The van der Waals surface area contributed by atoms with Gasteiger partial charge in [-0.05, 0) is 32.3 Å². The topological polar surface area (TPSA) is 75.5 Å². The standard InChI is InChI=1S/C15H21N3O3/c1-3-11(2)16-15(19)14-9-6-10-17(14)12-7-4-5-8-13(12)18(20)21/h4-5,7-8,11,14H,3,6,9-10H2,1-2H3,(H,16,19)/t11-,14-/m0/s1. The van der Waals surface area contributed by atoms with Crippen molar-refractivity contribution in [3.05, 3.63) is 34.4 Å². The van der Waals surface area contributed by atoms with Crippen molar-refractivity contribution in [3.8, 4) is 0 Å². The Balaban J connectivity index is 2.23. The highest BCUT2D eigenvalue weighted by Crippen LogP contribution is 2.33. The Labute approximate surface area is 124 Å². The molecule has 2 rings (SSSR count). The van der Waals surface area contributed by atoms with Crippen molar-refractivity contribution < 1.29 is 9.72 Å². The van der Waals surface area contributed by atoms with Crippen LogP contribution in [0.4, 0.5) is 11.4 Å². The molecular formula is C15H21N3O3. The summed E-state index contributed by atoms with van der Waals surface area (Å²) >= 11 is 0. The molecule has 1 amide bonds. The summed E-state index contributed by atoms with van der Waals surface area (Å²) in [7, 11) is 0. The molecule has 114 valence electrons. The van der Waals surface area contributed by atoms with Gasteiger partial charge >= 0.3 is 0 Å². The molecule has 2 atom stereocenters. The van der Waals surface area contributed by atoms with Crippen molar-refractivity contribution in [2.75, 3.05) is 11.4 Å². The quantitative estimate of drug-likeness (QED) is 0.668. The van der Waals surface area contributed by atoms with Crippen LogP contribution in [0.5, 0.6) is 0 Å². The first kappa shape index (κ1) is 15.3. The normalized spacial score (nSPS) is 19.3. The van der Waals surface area contributed by atoms with Crippen LogP contribution >= 0.6 is 0 Å². The van der Waals surface area contributed by atoms with E-state index in [1.165, 1.54) is 6.07 Å². The van der Waals surface area contributed by atoms with E-state index in [0.29, 0.717) is 12.2 Å². The summed E-state index contributed by atoms with van der Waals surface area (Å²) in [6.45, 7) is 4.64. The lowest BCUT2D eigenvalue weighted by Gasteiger charge is -2.26. The van der Waals surface area contributed by atoms with E-state index in [4.69, 9.17) is 0 Å². The van der Waals surface area contributed by atoms with Crippen LogP contribution in [0, 0.1) is 10.1 Å². The van der Waals surface area contributed by atoms with E-state index in [1.807, 2.05) is 18.7 Å². The van der Waals surface area contributed by atoms with Gasteiger partial charge in [0.1, 0.15) is 11.7 Å². The third kappa shape index (κ3) is 3.32. The number of carbonyl (C=O) groups is 1. The number of hydrogen-bond acceptors (Lipinski definition) is 4. The number of anilines is 1. The average molecular weight is 291 g/mol. The number of nitrogens with zero attached hydrogens (tertiary/aromatic N) is 2. The van der Waals surface area contributed by atoms with Gasteiger partial charge in [0.25, 0.3) is 5.69 Å². The van der Waals surface area contributed by atoms with Crippen LogP contribution in [0.1, 0.15) is 33.1 Å². The summed E-state index contributed by atoms with van der Waals surface area (Å²) in [5.41, 5.74) is 0.588. The third-order valence-electron chi connectivity index (χ3n) is 3.94. The maximum absolute atomic E-state index is 12.4. The van der Waals surface area contributed by atoms with Crippen LogP contribution in [0.15, 0.2) is 24.3 Å². The highest BCUT2D eigenvalue weighted by molar-refractivity contribution is 5.87. The molecule has 0 aliphatic carbocycles. The molecule has 0 saturated carbocycles. The van der Waals surface area contributed by atoms with Gasteiger partial charge in [0.2, 0.25) is 5.91 Å². The largest absolute Gasteiger partial charge is 0.354 e. The lowest BCUT2D eigenvalue weighted by Crippen LogP contribution is -2.46. The molecule has 1 aromatic rings. The first-order chi connectivity index (χ1) is 10.0. The Morgan fingerprint density at radius 2 is 2.24 bits per heavy atom. The molecule has 1 saturated heterocycles. The maximum Gasteiger partial charge on any atom is 0.292 e. The molecule has 21 heavy (non-hydrogen) atoms. The molecule has 0 aromatic heterocycles. The predicted molar refractivity (Wildman–Crippen MR) is 81.4 cm³/mol. The SMILES string of the molecule is CC[C@H](C)NC(=O)[C@@H]1CCCN1c1ccccc1[N+](=O)[O-]. The number of nitro benzene ring substituents is 1. The summed E-state index contributed by atoms with van der Waals surface area (Å²) in [4.78, 5) is 25.0. The molecule has 1 fully saturated rings. The number of para-hydroxylation sites is 2. The van der Waals surface area contributed by atoms with Crippen molar-refractivity contribution in [1.29, 1.82) is 0 Å². The van der Waals surface area contributed by atoms with Crippen LogP contribution in [0.2, 0.25) is 0 Å². The van der Waals surface area contributed by atoms with Crippen molar-refractivity contribution in [1.82, 2.24) is 5.32 Å². The second-order valence-electron chi connectivity index (χ2n) is 5.42. The van der Waals surface area contributed by atoms with Crippen LogP contribution in [-0.2, 0) is 4.79 Å². The zero-order valence-electron chi connectivity index (χ0n) is 12.4. The van der Waals surface area contributed by atoms with Gasteiger partial charge in [0.15, 0.2) is 0 Å². The van der Waals surface area contributed by atoms with Gasteiger partial charge in [-0.2, -0.15) is 0 Å². The fourth-order valence-corrected chi connectivity index (χ4v) is 2.63. The van der Waals surface area contributed by atoms with Gasteiger partial charge in [-0.3, -0.25) is 14.9 Å². The van der Waals surface area contributed by atoms with Crippen LogP contribution < -0.4 is 10.2 Å². The van der Waals surface area contributed by atoms with E-state index in [1.54, 1.807) is 18.2 Å². The second-order valence-corrected chi connectivity index (χ2v) is 5.42.